The van der Waals surface area contributed by atoms with Crippen LogP contribution in [0.3, 0.4) is 0 Å². The summed E-state index contributed by atoms with van der Waals surface area (Å²) < 4.78 is 12.8. The molecule has 2 aromatic carbocycles. The van der Waals surface area contributed by atoms with Crippen molar-refractivity contribution in [2.75, 3.05) is 11.4 Å². The zero-order valence-corrected chi connectivity index (χ0v) is 12.3. The molecule has 0 aliphatic carbocycles. The van der Waals surface area contributed by atoms with Gasteiger partial charge < -0.3 is 0 Å². The predicted molar refractivity (Wildman–Crippen MR) is 81.7 cm³/mol. The van der Waals surface area contributed by atoms with Crippen molar-refractivity contribution in [3.8, 4) is 11.9 Å². The first-order valence-corrected chi connectivity index (χ1v) is 6.80. The molecule has 0 unspecified atom stereocenters. The van der Waals surface area contributed by atoms with Gasteiger partial charge in [0.1, 0.15) is 5.82 Å². The molecule has 2 rings (SSSR count). The highest BCUT2D eigenvalue weighted by molar-refractivity contribution is 5.94. The minimum Gasteiger partial charge on any atom is -0.299 e. The van der Waals surface area contributed by atoms with Gasteiger partial charge in [0.2, 0.25) is 0 Å². The second-order valence-corrected chi connectivity index (χ2v) is 4.22. The van der Waals surface area contributed by atoms with Gasteiger partial charge in [-0.2, -0.15) is 10.2 Å². The smallest absolute Gasteiger partial charge is 0.299 e. The van der Waals surface area contributed by atoms with Crippen molar-refractivity contribution in [2.24, 2.45) is 4.99 Å². The average Bonchev–Trinajstić information content (AvgIpc) is 2.58. The monoisotopic (exact) mass is 315 g/mol. The number of benzene rings is 2. The lowest BCUT2D eigenvalue weighted by atomic mass is 10.3. The number of hydrogen-bond acceptors (Lipinski definition) is 5. The summed E-state index contributed by atoms with van der Waals surface area (Å²) in [5.41, 5.74) is 0.563. The predicted octanol–water partition coefficient (Wildman–Crippen LogP) is 3.43. The Morgan fingerprint density at radius 3 is 2.48 bits per heavy atom. The van der Waals surface area contributed by atoms with Crippen molar-refractivity contribution in [2.45, 2.75) is 6.92 Å². The topological polar surface area (TPSA) is 67.1 Å². The van der Waals surface area contributed by atoms with E-state index in [0.717, 1.165) is 4.90 Å². The SMILES string of the molecule is CCN=C(OOOc1ccc(F)cc1)N(C#N)c1ccccc1. The molecule has 0 spiro atoms. The van der Waals surface area contributed by atoms with Crippen molar-refractivity contribution in [3.63, 3.8) is 0 Å². The Bertz CT molecular complexity index is 684. The first kappa shape index (κ1) is 16.3. The number of aliphatic imine (C=N–C) groups is 1. The van der Waals surface area contributed by atoms with Gasteiger partial charge >= 0.3 is 6.02 Å². The highest BCUT2D eigenvalue weighted by Gasteiger charge is 2.16. The molecule has 2 aromatic rings. The lowest BCUT2D eigenvalue weighted by Gasteiger charge is -2.15. The molecule has 0 aromatic heterocycles. The Balaban J connectivity index is 2.02. The Morgan fingerprint density at radius 2 is 1.87 bits per heavy atom. The molecule has 0 N–H and O–H groups in total. The van der Waals surface area contributed by atoms with Crippen LogP contribution in [0.1, 0.15) is 6.92 Å². The van der Waals surface area contributed by atoms with Gasteiger partial charge in [0.25, 0.3) is 0 Å². The van der Waals surface area contributed by atoms with E-state index in [1.54, 1.807) is 31.2 Å². The number of para-hydroxylation sites is 1. The molecular formula is C16H14FN3O3. The molecule has 0 saturated heterocycles. The highest BCUT2D eigenvalue weighted by Crippen LogP contribution is 2.15. The van der Waals surface area contributed by atoms with Crippen LogP contribution in [0.15, 0.2) is 59.6 Å². The van der Waals surface area contributed by atoms with Crippen LogP contribution >= 0.6 is 0 Å². The normalized spacial score (nSPS) is 10.7. The van der Waals surface area contributed by atoms with Crippen molar-refractivity contribution >= 4 is 11.7 Å². The largest absolute Gasteiger partial charge is 0.347 e. The van der Waals surface area contributed by atoms with Crippen LogP contribution in [0.25, 0.3) is 0 Å². The third kappa shape index (κ3) is 4.69. The van der Waals surface area contributed by atoms with Crippen molar-refractivity contribution in [1.82, 2.24) is 0 Å². The summed E-state index contributed by atoms with van der Waals surface area (Å²) >= 11 is 0. The Hall–Kier alpha value is -3.11. The number of halogens is 1. The third-order valence-electron chi connectivity index (χ3n) is 2.65. The van der Waals surface area contributed by atoms with Crippen LogP contribution < -0.4 is 9.79 Å². The van der Waals surface area contributed by atoms with Crippen LogP contribution in [0, 0.1) is 17.3 Å². The summed E-state index contributed by atoms with van der Waals surface area (Å²) in [6.07, 6.45) is 1.95. The van der Waals surface area contributed by atoms with E-state index in [9.17, 15) is 9.65 Å². The molecule has 0 amide bonds. The zero-order valence-electron chi connectivity index (χ0n) is 12.3. The van der Waals surface area contributed by atoms with E-state index in [2.05, 4.69) is 10.0 Å². The maximum Gasteiger partial charge on any atom is 0.347 e. The molecule has 0 radical (unpaired) electrons. The molecule has 0 bridgehead atoms. The average molecular weight is 315 g/mol. The van der Waals surface area contributed by atoms with Crippen molar-refractivity contribution in [3.05, 3.63) is 60.4 Å². The van der Waals surface area contributed by atoms with Gasteiger partial charge in [-0.05, 0) is 43.3 Å². The fourth-order valence-corrected chi connectivity index (χ4v) is 1.63. The third-order valence-corrected chi connectivity index (χ3v) is 2.65. The van der Waals surface area contributed by atoms with Crippen LogP contribution in [-0.2, 0) is 9.93 Å². The second kappa shape index (κ2) is 8.36. The summed E-state index contributed by atoms with van der Waals surface area (Å²) in [4.78, 5) is 15.0. The minimum absolute atomic E-state index is 0.0803. The molecule has 0 atom stereocenters. The van der Waals surface area contributed by atoms with E-state index in [1.165, 1.54) is 24.3 Å². The fourth-order valence-electron chi connectivity index (χ4n) is 1.63. The summed E-state index contributed by atoms with van der Waals surface area (Å²) in [6.45, 7) is 2.16. The zero-order chi connectivity index (χ0) is 16.5. The minimum atomic E-state index is -0.397. The molecule has 6 nitrogen and oxygen atoms in total. The number of amidine groups is 1. The van der Waals surface area contributed by atoms with E-state index in [4.69, 9.17) is 9.78 Å². The standard InChI is InChI=1S/C16H14FN3O3/c1-2-19-16(20(12-18)14-6-4-3-5-7-14)22-23-21-15-10-8-13(17)9-11-15/h3-11H,2H2,1H3. The lowest BCUT2D eigenvalue weighted by molar-refractivity contribution is -0.423. The summed E-state index contributed by atoms with van der Waals surface area (Å²) in [7, 11) is 0. The van der Waals surface area contributed by atoms with Crippen LogP contribution in [0.5, 0.6) is 5.75 Å². The number of nitriles is 1. The maximum absolute atomic E-state index is 12.8. The van der Waals surface area contributed by atoms with Crippen LogP contribution in [-0.4, -0.2) is 12.6 Å². The highest BCUT2D eigenvalue weighted by atomic mass is 19.1. The lowest BCUT2D eigenvalue weighted by Crippen LogP contribution is -2.29. The van der Waals surface area contributed by atoms with Gasteiger partial charge in [0.05, 0.1) is 5.69 Å². The first-order chi connectivity index (χ1) is 11.2. The van der Waals surface area contributed by atoms with Gasteiger partial charge in [0, 0.05) is 11.6 Å². The fraction of sp³-hybridized carbons (Fsp3) is 0.125. The quantitative estimate of drug-likeness (QED) is 0.211. The van der Waals surface area contributed by atoms with Gasteiger partial charge in [-0.1, -0.05) is 18.2 Å². The summed E-state index contributed by atoms with van der Waals surface area (Å²) in [5.74, 6) is -0.156. The van der Waals surface area contributed by atoms with Gasteiger partial charge in [-0.3, -0.25) is 9.78 Å². The molecule has 0 saturated carbocycles. The van der Waals surface area contributed by atoms with Crippen LogP contribution in [0.2, 0.25) is 0 Å². The summed E-state index contributed by atoms with van der Waals surface area (Å²) in [6, 6.07) is 13.9. The van der Waals surface area contributed by atoms with Gasteiger partial charge in [-0.15, -0.1) is 0 Å². The first-order valence-electron chi connectivity index (χ1n) is 6.80. The molecule has 0 fully saturated rings. The molecule has 23 heavy (non-hydrogen) atoms. The van der Waals surface area contributed by atoms with Crippen molar-refractivity contribution < 1.29 is 19.2 Å². The van der Waals surface area contributed by atoms with E-state index in [0.29, 0.717) is 12.2 Å². The van der Waals surface area contributed by atoms with E-state index in [1.807, 2.05) is 12.3 Å². The van der Waals surface area contributed by atoms with E-state index < -0.39 is 5.82 Å². The Morgan fingerprint density at radius 1 is 1.17 bits per heavy atom. The molecule has 0 heterocycles. The maximum atomic E-state index is 12.8. The second-order valence-electron chi connectivity index (χ2n) is 4.22. The van der Waals surface area contributed by atoms with E-state index >= 15 is 0 Å². The number of nitrogens with zero attached hydrogens (tertiary/aromatic N) is 3. The Kier molecular flexibility index (Phi) is 5.91. The molecule has 118 valence electrons. The number of anilines is 1. The van der Waals surface area contributed by atoms with Crippen LogP contribution in [0.4, 0.5) is 10.1 Å². The molecule has 0 aliphatic rings. The molecule has 0 aliphatic heterocycles. The number of hydrogen-bond donors (Lipinski definition) is 0. The van der Waals surface area contributed by atoms with Gasteiger partial charge in [-0.25, -0.2) is 9.38 Å². The Labute approximate surface area is 132 Å². The van der Waals surface area contributed by atoms with Gasteiger partial charge in [0.15, 0.2) is 11.9 Å². The summed E-state index contributed by atoms with van der Waals surface area (Å²) in [5, 5.41) is 13.9. The molecule has 7 heteroatoms. The molecular weight excluding hydrogens is 301 g/mol. The number of rotatable bonds is 5. The van der Waals surface area contributed by atoms with Crippen molar-refractivity contribution in [1.29, 1.82) is 5.26 Å². The van der Waals surface area contributed by atoms with E-state index in [-0.39, 0.29) is 11.8 Å².